The first-order valence-electron chi connectivity index (χ1n) is 7.83. The van der Waals surface area contributed by atoms with Crippen LogP contribution in [0, 0.1) is 0 Å². The first-order chi connectivity index (χ1) is 9.98. The lowest BCUT2D eigenvalue weighted by molar-refractivity contribution is -0.135. The Morgan fingerprint density at radius 3 is 2.29 bits per heavy atom. The summed E-state index contributed by atoms with van der Waals surface area (Å²) in [5.41, 5.74) is 1.21. The molecular formula is C17H26F3N. The zero-order valence-electron chi connectivity index (χ0n) is 12.9. The number of benzene rings is 1. The molecule has 0 spiro atoms. The van der Waals surface area contributed by atoms with E-state index in [0.717, 1.165) is 19.4 Å². The number of hydrogen-bond acceptors (Lipinski definition) is 1. The summed E-state index contributed by atoms with van der Waals surface area (Å²) in [6.07, 6.45) is -2.08. The van der Waals surface area contributed by atoms with Crippen molar-refractivity contribution in [1.82, 2.24) is 5.32 Å². The van der Waals surface area contributed by atoms with Gasteiger partial charge in [0.1, 0.15) is 0 Å². The van der Waals surface area contributed by atoms with Crippen molar-refractivity contribution in [3.05, 3.63) is 35.9 Å². The van der Waals surface area contributed by atoms with Crippen molar-refractivity contribution < 1.29 is 13.2 Å². The van der Waals surface area contributed by atoms with Crippen molar-refractivity contribution in [3.63, 3.8) is 0 Å². The molecule has 0 bridgehead atoms. The Hall–Kier alpha value is -1.03. The first-order valence-corrected chi connectivity index (χ1v) is 7.83. The van der Waals surface area contributed by atoms with E-state index in [4.69, 9.17) is 0 Å². The standard InChI is InChI=1S/C17H26F3N/c1-3-13-21-16(11-8-12-17(18,19)20)15(4-2)14-9-6-5-7-10-14/h5-7,9-10,15-16,21H,3-4,8,11-13H2,1-2H3. The van der Waals surface area contributed by atoms with Gasteiger partial charge in [0.05, 0.1) is 0 Å². The van der Waals surface area contributed by atoms with Gasteiger partial charge in [-0.3, -0.25) is 0 Å². The molecule has 0 saturated carbocycles. The largest absolute Gasteiger partial charge is 0.389 e. The van der Waals surface area contributed by atoms with Gasteiger partial charge in [-0.1, -0.05) is 44.2 Å². The van der Waals surface area contributed by atoms with Gasteiger partial charge in [0.2, 0.25) is 0 Å². The Balaban J connectivity index is 2.69. The highest BCUT2D eigenvalue weighted by Gasteiger charge is 2.28. The topological polar surface area (TPSA) is 12.0 Å². The van der Waals surface area contributed by atoms with Crippen LogP contribution in [0.2, 0.25) is 0 Å². The molecule has 1 rings (SSSR count). The van der Waals surface area contributed by atoms with E-state index in [1.54, 1.807) is 0 Å². The van der Waals surface area contributed by atoms with Crippen molar-refractivity contribution in [2.45, 2.75) is 64.1 Å². The molecule has 0 fully saturated rings. The quantitative estimate of drug-likeness (QED) is 0.654. The van der Waals surface area contributed by atoms with Crippen LogP contribution in [-0.4, -0.2) is 18.8 Å². The second-order valence-electron chi connectivity index (χ2n) is 5.49. The highest BCUT2D eigenvalue weighted by Crippen LogP contribution is 2.29. The zero-order valence-corrected chi connectivity index (χ0v) is 12.9. The van der Waals surface area contributed by atoms with E-state index >= 15 is 0 Å². The van der Waals surface area contributed by atoms with E-state index in [1.165, 1.54) is 5.56 Å². The van der Waals surface area contributed by atoms with E-state index < -0.39 is 12.6 Å². The number of rotatable bonds is 9. The van der Waals surface area contributed by atoms with Crippen LogP contribution in [0.4, 0.5) is 13.2 Å². The van der Waals surface area contributed by atoms with Crippen molar-refractivity contribution in [3.8, 4) is 0 Å². The highest BCUT2D eigenvalue weighted by atomic mass is 19.4. The summed E-state index contributed by atoms with van der Waals surface area (Å²) in [4.78, 5) is 0. The van der Waals surface area contributed by atoms with Crippen LogP contribution < -0.4 is 5.32 Å². The Morgan fingerprint density at radius 1 is 1.10 bits per heavy atom. The van der Waals surface area contributed by atoms with Crippen LogP contribution in [-0.2, 0) is 0 Å². The van der Waals surface area contributed by atoms with Gasteiger partial charge in [-0.25, -0.2) is 0 Å². The molecule has 0 heterocycles. The fourth-order valence-electron chi connectivity index (χ4n) is 2.75. The molecule has 1 aromatic carbocycles. The Kier molecular flexibility index (Phi) is 7.79. The summed E-state index contributed by atoms with van der Waals surface area (Å²) in [6, 6.07) is 10.2. The van der Waals surface area contributed by atoms with E-state index in [1.807, 2.05) is 18.2 Å². The van der Waals surface area contributed by atoms with Gasteiger partial charge in [-0.2, -0.15) is 13.2 Å². The summed E-state index contributed by atoms with van der Waals surface area (Å²) in [5, 5.41) is 3.44. The molecule has 1 nitrogen and oxygen atoms in total. The van der Waals surface area contributed by atoms with Gasteiger partial charge in [0.15, 0.2) is 0 Å². The van der Waals surface area contributed by atoms with E-state index in [0.29, 0.717) is 6.42 Å². The molecule has 1 N–H and O–H groups in total. The summed E-state index contributed by atoms with van der Waals surface area (Å²) in [7, 11) is 0. The second kappa shape index (κ2) is 9.08. The molecule has 1 aromatic rings. The minimum absolute atomic E-state index is 0.111. The molecule has 0 aliphatic heterocycles. The fourth-order valence-corrected chi connectivity index (χ4v) is 2.75. The predicted octanol–water partition coefficient (Wildman–Crippen LogP) is 5.28. The summed E-state index contributed by atoms with van der Waals surface area (Å²) < 4.78 is 37.0. The Bertz CT molecular complexity index is 375. The Morgan fingerprint density at radius 2 is 1.76 bits per heavy atom. The number of halogens is 3. The molecule has 2 atom stereocenters. The van der Waals surface area contributed by atoms with Gasteiger partial charge in [-0.15, -0.1) is 0 Å². The van der Waals surface area contributed by atoms with Gasteiger partial charge in [-0.05, 0) is 43.7 Å². The molecule has 4 heteroatoms. The number of hydrogen-bond donors (Lipinski definition) is 1. The van der Waals surface area contributed by atoms with Crippen LogP contribution in [0.1, 0.15) is 57.4 Å². The lowest BCUT2D eigenvalue weighted by Crippen LogP contribution is -2.35. The molecule has 2 unspecified atom stereocenters. The van der Waals surface area contributed by atoms with Crippen molar-refractivity contribution >= 4 is 0 Å². The lowest BCUT2D eigenvalue weighted by Gasteiger charge is -2.28. The SMILES string of the molecule is CCCNC(CCCC(F)(F)F)C(CC)c1ccccc1. The molecule has 0 saturated heterocycles. The third-order valence-electron chi connectivity index (χ3n) is 3.79. The maximum absolute atomic E-state index is 12.3. The van der Waals surface area contributed by atoms with E-state index in [9.17, 15) is 13.2 Å². The fraction of sp³-hybridized carbons (Fsp3) is 0.647. The van der Waals surface area contributed by atoms with Crippen molar-refractivity contribution in [2.24, 2.45) is 0 Å². The van der Waals surface area contributed by atoms with Crippen LogP contribution in [0.15, 0.2) is 30.3 Å². The number of nitrogens with one attached hydrogen (secondary N) is 1. The summed E-state index contributed by atoms with van der Waals surface area (Å²) in [5.74, 6) is 0.269. The zero-order chi connectivity index (χ0) is 15.7. The van der Waals surface area contributed by atoms with E-state index in [-0.39, 0.29) is 18.4 Å². The first kappa shape index (κ1) is 18.0. The smallest absolute Gasteiger partial charge is 0.313 e. The summed E-state index contributed by atoms with van der Waals surface area (Å²) >= 11 is 0. The average molecular weight is 301 g/mol. The van der Waals surface area contributed by atoms with Crippen LogP contribution >= 0.6 is 0 Å². The molecule has 0 radical (unpaired) electrons. The maximum atomic E-state index is 12.3. The molecule has 21 heavy (non-hydrogen) atoms. The van der Waals surface area contributed by atoms with Gasteiger partial charge >= 0.3 is 6.18 Å². The average Bonchev–Trinajstić information content (AvgIpc) is 2.44. The normalized spacial score (nSPS) is 14.9. The molecular weight excluding hydrogens is 275 g/mol. The second-order valence-corrected chi connectivity index (χ2v) is 5.49. The van der Waals surface area contributed by atoms with Gasteiger partial charge in [0.25, 0.3) is 0 Å². The third kappa shape index (κ3) is 6.98. The predicted molar refractivity (Wildman–Crippen MR) is 81.5 cm³/mol. The van der Waals surface area contributed by atoms with Crippen LogP contribution in [0.25, 0.3) is 0 Å². The van der Waals surface area contributed by atoms with E-state index in [2.05, 4.69) is 31.3 Å². The van der Waals surface area contributed by atoms with Crippen molar-refractivity contribution in [1.29, 1.82) is 0 Å². The molecule has 0 amide bonds. The van der Waals surface area contributed by atoms with Crippen LogP contribution in [0.5, 0.6) is 0 Å². The molecule has 0 aliphatic carbocycles. The molecule has 0 aromatic heterocycles. The monoisotopic (exact) mass is 301 g/mol. The van der Waals surface area contributed by atoms with Gasteiger partial charge in [0, 0.05) is 12.5 Å². The molecule has 0 aliphatic rings. The third-order valence-corrected chi connectivity index (χ3v) is 3.79. The van der Waals surface area contributed by atoms with Crippen LogP contribution in [0.3, 0.4) is 0 Å². The minimum atomic E-state index is -4.05. The van der Waals surface area contributed by atoms with Gasteiger partial charge < -0.3 is 5.32 Å². The minimum Gasteiger partial charge on any atom is -0.313 e. The summed E-state index contributed by atoms with van der Waals surface area (Å²) in [6.45, 7) is 5.02. The highest BCUT2D eigenvalue weighted by molar-refractivity contribution is 5.21. The molecule has 120 valence electrons. The van der Waals surface area contributed by atoms with Crippen molar-refractivity contribution in [2.75, 3.05) is 6.54 Å². The number of alkyl halides is 3. The lowest BCUT2D eigenvalue weighted by atomic mass is 9.86. The Labute approximate surface area is 125 Å². The maximum Gasteiger partial charge on any atom is 0.389 e.